The van der Waals surface area contributed by atoms with Crippen molar-refractivity contribution in [2.45, 2.75) is 31.9 Å². The Morgan fingerprint density at radius 2 is 2.12 bits per heavy atom. The summed E-state index contributed by atoms with van der Waals surface area (Å²) in [6, 6.07) is -1.13. The van der Waals surface area contributed by atoms with E-state index in [9.17, 15) is 9.59 Å². The molecule has 7 heteroatoms. The first-order valence-electron chi connectivity index (χ1n) is 4.73. The van der Waals surface area contributed by atoms with E-state index in [0.29, 0.717) is 0 Å². The summed E-state index contributed by atoms with van der Waals surface area (Å²) >= 11 is 0. The Bertz CT molecular complexity index is 350. The van der Waals surface area contributed by atoms with Gasteiger partial charge in [-0.25, -0.2) is 4.79 Å². The number of carboxylic acid groups (broad SMARTS) is 2. The first-order valence-corrected chi connectivity index (χ1v) is 4.73. The zero-order chi connectivity index (χ0) is 12.5. The Morgan fingerprint density at radius 1 is 1.56 bits per heavy atom. The molecule has 0 fully saturated rings. The van der Waals surface area contributed by atoms with Crippen LogP contribution in [-0.4, -0.2) is 39.5 Å². The van der Waals surface area contributed by atoms with Crippen LogP contribution in [0.25, 0.3) is 0 Å². The van der Waals surface area contributed by atoms with Crippen molar-refractivity contribution in [3.8, 4) is 0 Å². The molecule has 0 spiro atoms. The van der Waals surface area contributed by atoms with Gasteiger partial charge in [-0.3, -0.25) is 4.79 Å². The van der Waals surface area contributed by atoms with Crippen LogP contribution < -0.4 is 5.73 Å². The van der Waals surface area contributed by atoms with E-state index in [1.165, 1.54) is 0 Å². The maximum Gasteiger partial charge on any atom is 0.354 e. The number of rotatable bonds is 4. The number of aliphatic carboxylic acids is 2. The predicted molar refractivity (Wildman–Crippen MR) is 54.0 cm³/mol. The number of hydrogen-bond acceptors (Lipinski definition) is 5. The molecule has 0 unspecified atom stereocenters. The molecule has 1 rings (SSSR count). The highest BCUT2D eigenvalue weighted by molar-refractivity contribution is 6.37. The van der Waals surface area contributed by atoms with Crippen molar-refractivity contribution in [2.75, 3.05) is 0 Å². The third-order valence-electron chi connectivity index (χ3n) is 2.57. The van der Waals surface area contributed by atoms with Gasteiger partial charge in [0.15, 0.2) is 5.71 Å². The molecule has 0 saturated carbocycles. The van der Waals surface area contributed by atoms with E-state index < -0.39 is 29.5 Å². The van der Waals surface area contributed by atoms with E-state index in [2.05, 4.69) is 5.16 Å². The van der Waals surface area contributed by atoms with Gasteiger partial charge in [0.05, 0.1) is 5.92 Å². The van der Waals surface area contributed by atoms with E-state index in [-0.39, 0.29) is 12.1 Å². The molecule has 0 radical (unpaired) electrons. The second kappa shape index (κ2) is 4.09. The van der Waals surface area contributed by atoms with Gasteiger partial charge < -0.3 is 20.8 Å². The summed E-state index contributed by atoms with van der Waals surface area (Å²) in [5.74, 6) is -3.02. The van der Waals surface area contributed by atoms with Gasteiger partial charge in [0.2, 0.25) is 0 Å². The molecule has 0 amide bonds. The van der Waals surface area contributed by atoms with Gasteiger partial charge in [0.25, 0.3) is 0 Å². The Balaban J connectivity index is 2.85. The van der Waals surface area contributed by atoms with Crippen LogP contribution in [0, 0.1) is 5.92 Å². The van der Waals surface area contributed by atoms with E-state index in [1.54, 1.807) is 13.8 Å². The molecule has 0 bridgehead atoms. The monoisotopic (exact) mass is 230 g/mol. The summed E-state index contributed by atoms with van der Waals surface area (Å²) < 4.78 is 0. The van der Waals surface area contributed by atoms with Crippen molar-refractivity contribution in [3.63, 3.8) is 0 Å². The smallest absolute Gasteiger partial charge is 0.354 e. The quantitative estimate of drug-likeness (QED) is 0.607. The van der Waals surface area contributed by atoms with Gasteiger partial charge in [-0.1, -0.05) is 5.16 Å². The van der Waals surface area contributed by atoms with Crippen molar-refractivity contribution < 1.29 is 24.6 Å². The summed E-state index contributed by atoms with van der Waals surface area (Å²) in [5.41, 5.74) is 4.35. The zero-order valence-corrected chi connectivity index (χ0v) is 9.01. The Labute approximate surface area is 91.9 Å². The lowest BCUT2D eigenvalue weighted by Gasteiger charge is -2.25. The maximum atomic E-state index is 10.9. The van der Waals surface area contributed by atoms with Crippen LogP contribution in [0.15, 0.2) is 5.16 Å². The molecule has 0 aromatic rings. The summed E-state index contributed by atoms with van der Waals surface area (Å²) in [6.07, 6.45) is -0.0204. The zero-order valence-electron chi connectivity index (χ0n) is 9.01. The molecule has 1 heterocycles. The van der Waals surface area contributed by atoms with Crippen LogP contribution in [0.3, 0.4) is 0 Å². The van der Waals surface area contributed by atoms with E-state index in [1.807, 2.05) is 0 Å². The number of hydrogen-bond donors (Lipinski definition) is 3. The molecule has 1 aliphatic heterocycles. The highest BCUT2D eigenvalue weighted by Gasteiger charge is 2.45. The third-order valence-corrected chi connectivity index (χ3v) is 2.57. The van der Waals surface area contributed by atoms with E-state index in [0.717, 1.165) is 0 Å². The molecule has 16 heavy (non-hydrogen) atoms. The fourth-order valence-corrected chi connectivity index (χ4v) is 1.56. The van der Waals surface area contributed by atoms with Gasteiger partial charge in [-0.15, -0.1) is 0 Å². The molecule has 0 aromatic heterocycles. The molecule has 7 nitrogen and oxygen atoms in total. The fourth-order valence-electron chi connectivity index (χ4n) is 1.56. The molecule has 1 aliphatic rings. The Morgan fingerprint density at radius 3 is 2.56 bits per heavy atom. The van der Waals surface area contributed by atoms with Gasteiger partial charge in [0.1, 0.15) is 11.6 Å². The third kappa shape index (κ3) is 2.30. The maximum absolute atomic E-state index is 10.9. The highest BCUT2D eigenvalue weighted by atomic mass is 16.7. The second-order valence-electron chi connectivity index (χ2n) is 4.21. The van der Waals surface area contributed by atoms with Crippen molar-refractivity contribution in [3.05, 3.63) is 0 Å². The van der Waals surface area contributed by atoms with Gasteiger partial charge >= 0.3 is 11.9 Å². The van der Waals surface area contributed by atoms with Crippen molar-refractivity contribution in [2.24, 2.45) is 16.8 Å². The Kier molecular flexibility index (Phi) is 3.18. The molecule has 0 aromatic carbocycles. The van der Waals surface area contributed by atoms with Crippen LogP contribution >= 0.6 is 0 Å². The summed E-state index contributed by atoms with van der Waals surface area (Å²) in [6.45, 7) is 3.29. The molecule has 90 valence electrons. The Hall–Kier alpha value is -1.63. The molecule has 0 aliphatic carbocycles. The largest absolute Gasteiger partial charge is 0.480 e. The van der Waals surface area contributed by atoms with Crippen LogP contribution in [-0.2, 0) is 14.4 Å². The lowest BCUT2D eigenvalue weighted by Crippen LogP contribution is -2.42. The number of nitrogens with zero attached hydrogens (tertiary/aromatic N) is 1. The van der Waals surface area contributed by atoms with Crippen LogP contribution in [0.1, 0.15) is 20.3 Å². The van der Waals surface area contributed by atoms with E-state index >= 15 is 0 Å². The first-order chi connectivity index (χ1) is 7.25. The SMILES string of the molecule is CC1(C)ON=C(C(=O)O)[C@H]1C[C@@H](N)C(=O)O. The number of nitrogens with two attached hydrogens (primary N) is 1. The average molecular weight is 230 g/mol. The molecular formula is C9H14N2O5. The van der Waals surface area contributed by atoms with Crippen LogP contribution in [0.4, 0.5) is 0 Å². The fraction of sp³-hybridized carbons (Fsp3) is 0.667. The molecule has 2 atom stereocenters. The van der Waals surface area contributed by atoms with Crippen molar-refractivity contribution >= 4 is 17.7 Å². The van der Waals surface area contributed by atoms with Gasteiger partial charge in [-0.05, 0) is 20.3 Å². The van der Waals surface area contributed by atoms with Crippen molar-refractivity contribution in [1.82, 2.24) is 0 Å². The number of carboxylic acids is 2. The summed E-state index contributed by atoms with van der Waals surface area (Å²) in [4.78, 5) is 26.4. The second-order valence-corrected chi connectivity index (χ2v) is 4.21. The minimum atomic E-state index is -1.21. The van der Waals surface area contributed by atoms with Crippen LogP contribution in [0.2, 0.25) is 0 Å². The lowest BCUT2D eigenvalue weighted by atomic mass is 9.82. The first kappa shape index (κ1) is 12.4. The summed E-state index contributed by atoms with van der Waals surface area (Å²) in [7, 11) is 0. The topological polar surface area (TPSA) is 122 Å². The molecule has 4 N–H and O–H groups in total. The molecular weight excluding hydrogens is 216 g/mol. The molecule has 0 saturated heterocycles. The van der Waals surface area contributed by atoms with Crippen molar-refractivity contribution in [1.29, 1.82) is 0 Å². The average Bonchev–Trinajstić information content (AvgIpc) is 2.42. The number of oxime groups is 1. The normalized spacial score (nSPS) is 24.4. The standard InChI is InChI=1S/C9H14N2O5/c1-9(2)4(3-5(10)7(12)13)6(8(14)15)11-16-9/h4-5H,3,10H2,1-2H3,(H,12,13)(H,14,15)/t4-,5-/m1/s1. The summed E-state index contributed by atoms with van der Waals surface area (Å²) in [5, 5.41) is 21.0. The minimum absolute atomic E-state index is 0.0204. The van der Waals surface area contributed by atoms with Gasteiger partial charge in [-0.2, -0.15) is 0 Å². The predicted octanol–water partition coefficient (Wildman–Crippen LogP) is -0.346. The van der Waals surface area contributed by atoms with Crippen LogP contribution in [0.5, 0.6) is 0 Å². The number of carbonyl (C=O) groups is 2. The highest BCUT2D eigenvalue weighted by Crippen LogP contribution is 2.32. The lowest BCUT2D eigenvalue weighted by molar-refractivity contribution is -0.139. The van der Waals surface area contributed by atoms with E-state index in [4.69, 9.17) is 20.8 Å². The minimum Gasteiger partial charge on any atom is -0.480 e. The van der Waals surface area contributed by atoms with Gasteiger partial charge in [0, 0.05) is 0 Å².